The first-order valence-electron chi connectivity index (χ1n) is 13.6. The van der Waals surface area contributed by atoms with E-state index >= 15 is 0 Å². The van der Waals surface area contributed by atoms with E-state index < -0.39 is 33.9 Å². The molecule has 43 heavy (non-hydrogen) atoms. The average molecular weight is 615 g/mol. The molecule has 226 valence electrons. The first-order chi connectivity index (χ1) is 20.2. The molecule has 0 radical (unpaired) electrons. The van der Waals surface area contributed by atoms with Gasteiger partial charge in [0.2, 0.25) is 15.8 Å². The minimum atomic E-state index is -4.71. The van der Waals surface area contributed by atoms with Gasteiger partial charge in [0.25, 0.3) is 0 Å². The van der Waals surface area contributed by atoms with Gasteiger partial charge in [0.1, 0.15) is 10.7 Å². The van der Waals surface area contributed by atoms with Crippen molar-refractivity contribution >= 4 is 27.5 Å². The van der Waals surface area contributed by atoms with Gasteiger partial charge in [-0.05, 0) is 72.7 Å². The number of nitrogens with zero attached hydrogens (tertiary/aromatic N) is 6. The summed E-state index contributed by atoms with van der Waals surface area (Å²) >= 11 is 0. The molecule has 6 rings (SSSR count). The molecule has 4 aromatic rings. The molecule has 1 aliphatic heterocycles. The average Bonchev–Trinajstić information content (AvgIpc) is 3.60. The molecular formula is C29H29F3N6O4S. The number of hydrogen-bond donors (Lipinski definition) is 1. The number of hydrogen-bond acceptors (Lipinski definition) is 7. The second-order valence-corrected chi connectivity index (χ2v) is 13.2. The highest BCUT2D eigenvalue weighted by atomic mass is 32.2. The quantitative estimate of drug-likeness (QED) is 0.336. The lowest BCUT2D eigenvalue weighted by Gasteiger charge is -2.29. The Hall–Kier alpha value is -4.04. The summed E-state index contributed by atoms with van der Waals surface area (Å²) in [4.78, 5) is 18.5. The standard InChI is InChI=1S/C29H29F3N6O4S/c1-17-6-7-19(22(14-24(39)40)21-8-12-38-25(18(21)2)34-35-27(38)29(30,31)32)13-20(17)15-37-16-28(9-10-28)36(3)26-23(43(37,41)42)5-4-11-33-26/h4-8,11-13,22H,9-10,14-16H2,1-3H3,(H,39,40)/t22-/m1/s1. The molecule has 3 aromatic heterocycles. The smallest absolute Gasteiger partial charge is 0.452 e. The third-order valence-electron chi connectivity index (χ3n) is 8.69. The van der Waals surface area contributed by atoms with Gasteiger partial charge in [-0.25, -0.2) is 13.4 Å². The highest BCUT2D eigenvalue weighted by molar-refractivity contribution is 7.89. The van der Waals surface area contributed by atoms with Crippen molar-refractivity contribution < 1.29 is 31.5 Å². The summed E-state index contributed by atoms with van der Waals surface area (Å²) in [5, 5.41) is 16.9. The normalized spacial score (nSPS) is 18.4. The van der Waals surface area contributed by atoms with E-state index in [0.717, 1.165) is 22.8 Å². The molecule has 2 aliphatic rings. The molecule has 1 saturated carbocycles. The van der Waals surface area contributed by atoms with Gasteiger partial charge in [-0.15, -0.1) is 10.2 Å². The number of pyridine rings is 2. The van der Waals surface area contributed by atoms with E-state index in [9.17, 15) is 31.5 Å². The van der Waals surface area contributed by atoms with Gasteiger partial charge >= 0.3 is 12.1 Å². The van der Waals surface area contributed by atoms with Gasteiger partial charge in [0.15, 0.2) is 5.65 Å². The largest absolute Gasteiger partial charge is 0.481 e. The number of aryl methyl sites for hydroxylation is 2. The number of carboxylic acid groups (broad SMARTS) is 1. The van der Waals surface area contributed by atoms with E-state index in [1.54, 1.807) is 37.4 Å². The summed E-state index contributed by atoms with van der Waals surface area (Å²) < 4.78 is 70.4. The molecule has 1 aromatic carbocycles. The number of carbonyl (C=O) groups is 1. The molecule has 0 bridgehead atoms. The SMILES string of the molecule is Cc1ccc([C@@H](CC(=O)O)c2ccn3c(C(F)(F)F)nnc3c2C)cc1CN1CC2(CC2)N(C)c2ncccc2S1(=O)=O. The minimum Gasteiger partial charge on any atom is -0.481 e. The van der Waals surface area contributed by atoms with Gasteiger partial charge < -0.3 is 10.0 Å². The van der Waals surface area contributed by atoms with Gasteiger partial charge in [0, 0.05) is 38.4 Å². The number of likely N-dealkylation sites (N-methyl/N-ethyl adjacent to an activating group) is 1. The highest BCUT2D eigenvalue weighted by Crippen LogP contribution is 2.48. The predicted molar refractivity (Wildman–Crippen MR) is 150 cm³/mol. The summed E-state index contributed by atoms with van der Waals surface area (Å²) in [6.45, 7) is 3.78. The molecule has 1 fully saturated rings. The van der Waals surface area contributed by atoms with Crippen LogP contribution in [0.1, 0.15) is 58.8 Å². The summed E-state index contributed by atoms with van der Waals surface area (Å²) in [5.41, 5.74) is 2.60. The highest BCUT2D eigenvalue weighted by Gasteiger charge is 2.53. The van der Waals surface area contributed by atoms with E-state index in [1.807, 2.05) is 24.9 Å². The maximum absolute atomic E-state index is 13.9. The van der Waals surface area contributed by atoms with Crippen molar-refractivity contribution in [1.29, 1.82) is 0 Å². The van der Waals surface area contributed by atoms with Crippen molar-refractivity contribution in [2.75, 3.05) is 18.5 Å². The monoisotopic (exact) mass is 614 g/mol. The van der Waals surface area contributed by atoms with Crippen LogP contribution in [-0.2, 0) is 27.5 Å². The van der Waals surface area contributed by atoms with E-state index in [0.29, 0.717) is 28.1 Å². The Balaban J connectivity index is 1.41. The van der Waals surface area contributed by atoms with Crippen LogP contribution in [0.5, 0.6) is 0 Å². The molecule has 0 amide bonds. The zero-order valence-electron chi connectivity index (χ0n) is 23.6. The van der Waals surface area contributed by atoms with E-state index in [2.05, 4.69) is 15.2 Å². The molecule has 1 N–H and O–H groups in total. The Labute approximate surface area is 245 Å². The van der Waals surface area contributed by atoms with Crippen LogP contribution in [0.2, 0.25) is 0 Å². The lowest BCUT2D eigenvalue weighted by atomic mass is 9.85. The first-order valence-corrected chi connectivity index (χ1v) is 15.1. The van der Waals surface area contributed by atoms with Crippen LogP contribution in [0.15, 0.2) is 53.7 Å². The number of alkyl halides is 3. The Morgan fingerprint density at radius 3 is 2.56 bits per heavy atom. The third kappa shape index (κ3) is 4.91. The zero-order chi connectivity index (χ0) is 30.9. The number of halogens is 3. The van der Waals surface area contributed by atoms with Crippen LogP contribution in [-0.4, -0.2) is 62.5 Å². The van der Waals surface area contributed by atoms with Crippen LogP contribution in [0.25, 0.3) is 5.65 Å². The van der Waals surface area contributed by atoms with Crippen molar-refractivity contribution in [3.8, 4) is 0 Å². The number of fused-ring (bicyclic) bond motifs is 2. The van der Waals surface area contributed by atoms with Crippen molar-refractivity contribution in [2.24, 2.45) is 0 Å². The summed E-state index contributed by atoms with van der Waals surface area (Å²) in [7, 11) is -2.05. The minimum absolute atomic E-state index is 0.0191. The van der Waals surface area contributed by atoms with Crippen LogP contribution >= 0.6 is 0 Å². The molecule has 0 saturated heterocycles. The Morgan fingerprint density at radius 2 is 1.88 bits per heavy atom. The van der Waals surface area contributed by atoms with E-state index in [1.165, 1.54) is 16.6 Å². The zero-order valence-corrected chi connectivity index (χ0v) is 24.4. The van der Waals surface area contributed by atoms with E-state index in [-0.39, 0.29) is 35.6 Å². The van der Waals surface area contributed by atoms with Crippen molar-refractivity contribution in [3.63, 3.8) is 0 Å². The number of anilines is 1. The molecule has 14 heteroatoms. The fourth-order valence-electron chi connectivity index (χ4n) is 6.02. The Kier molecular flexibility index (Phi) is 6.77. The molecule has 1 aliphatic carbocycles. The summed E-state index contributed by atoms with van der Waals surface area (Å²) in [5.74, 6) is -2.58. The molecule has 0 unspecified atom stereocenters. The maximum Gasteiger partial charge on any atom is 0.452 e. The van der Waals surface area contributed by atoms with Gasteiger partial charge in [-0.1, -0.05) is 18.2 Å². The summed E-state index contributed by atoms with van der Waals surface area (Å²) in [6, 6.07) is 10.00. The van der Waals surface area contributed by atoms with Gasteiger partial charge in [0.05, 0.1) is 12.0 Å². The second-order valence-electron chi connectivity index (χ2n) is 11.3. The Morgan fingerprint density at radius 1 is 1.14 bits per heavy atom. The summed E-state index contributed by atoms with van der Waals surface area (Å²) in [6.07, 6.45) is -0.620. The number of benzene rings is 1. The number of aliphatic carboxylic acids is 1. The number of rotatable bonds is 6. The maximum atomic E-state index is 13.9. The van der Waals surface area contributed by atoms with Crippen LogP contribution in [0.4, 0.5) is 19.0 Å². The predicted octanol–water partition coefficient (Wildman–Crippen LogP) is 4.54. The Bertz CT molecular complexity index is 1870. The van der Waals surface area contributed by atoms with Crippen LogP contribution < -0.4 is 4.90 Å². The molecular weight excluding hydrogens is 585 g/mol. The van der Waals surface area contributed by atoms with Crippen molar-refractivity contribution in [3.05, 3.63) is 82.4 Å². The molecule has 10 nitrogen and oxygen atoms in total. The van der Waals surface area contributed by atoms with Gasteiger partial charge in [-0.3, -0.25) is 9.20 Å². The van der Waals surface area contributed by atoms with Gasteiger partial charge in [-0.2, -0.15) is 17.5 Å². The third-order valence-corrected chi connectivity index (χ3v) is 10.5. The van der Waals surface area contributed by atoms with E-state index in [4.69, 9.17) is 0 Å². The fourth-order valence-corrected chi connectivity index (χ4v) is 7.68. The second kappa shape index (κ2) is 10.0. The lowest BCUT2D eigenvalue weighted by molar-refractivity contribution is -0.145. The molecule has 1 atom stereocenters. The van der Waals surface area contributed by atoms with Crippen LogP contribution in [0, 0.1) is 13.8 Å². The molecule has 1 spiro atoms. The first kappa shape index (κ1) is 29.1. The topological polar surface area (TPSA) is 121 Å². The van der Waals surface area contributed by atoms with Crippen LogP contribution in [0.3, 0.4) is 0 Å². The number of aromatic nitrogens is 4. The lowest BCUT2D eigenvalue weighted by Crippen LogP contribution is -2.43. The van der Waals surface area contributed by atoms with Crippen molar-refractivity contribution in [2.45, 2.75) is 62.2 Å². The fraction of sp³-hybridized carbons (Fsp3) is 0.379. The molecule has 4 heterocycles. The number of carboxylic acids is 1. The van der Waals surface area contributed by atoms with Crippen molar-refractivity contribution in [1.82, 2.24) is 23.9 Å². The number of sulfonamides is 1.